The Kier molecular flexibility index (Phi) is 4.48. The zero-order valence-electron chi connectivity index (χ0n) is 9.10. The maximum absolute atomic E-state index is 13.5. The molecule has 0 unspecified atom stereocenters. The van der Waals surface area contributed by atoms with Crippen molar-refractivity contribution in [1.29, 1.82) is 0 Å². The Balaban J connectivity index is 2.61. The van der Waals surface area contributed by atoms with Gasteiger partial charge in [-0.15, -0.1) is 0 Å². The molecule has 0 spiro atoms. The number of carbonyl (C=O) groups excluding carboxylic acids is 1. The highest BCUT2D eigenvalue weighted by atomic mass is 19.3. The van der Waals surface area contributed by atoms with Crippen molar-refractivity contribution in [1.82, 2.24) is 0 Å². The van der Waals surface area contributed by atoms with Gasteiger partial charge in [-0.25, -0.2) is 4.79 Å². The summed E-state index contributed by atoms with van der Waals surface area (Å²) >= 11 is 0. The second kappa shape index (κ2) is 5.42. The van der Waals surface area contributed by atoms with E-state index in [9.17, 15) is 13.6 Å². The average Bonchev–Trinajstić information content (AvgIpc) is 2.15. The number of alkyl halides is 2. The van der Waals surface area contributed by atoms with Gasteiger partial charge >= 0.3 is 11.9 Å². The SMILES string of the molecule is COC(=O)C(F)(F)C1CCCCCCC1. The van der Waals surface area contributed by atoms with Crippen molar-refractivity contribution >= 4 is 5.97 Å². The summed E-state index contributed by atoms with van der Waals surface area (Å²) in [6.45, 7) is 0. The summed E-state index contributed by atoms with van der Waals surface area (Å²) in [6.07, 6.45) is 5.55. The molecule has 0 N–H and O–H groups in total. The van der Waals surface area contributed by atoms with E-state index in [1.165, 1.54) is 0 Å². The molecule has 0 atom stereocenters. The van der Waals surface area contributed by atoms with Gasteiger partial charge in [-0.3, -0.25) is 0 Å². The van der Waals surface area contributed by atoms with Gasteiger partial charge in [-0.1, -0.05) is 32.1 Å². The van der Waals surface area contributed by atoms with E-state index >= 15 is 0 Å². The van der Waals surface area contributed by atoms with Crippen molar-refractivity contribution in [2.45, 2.75) is 50.9 Å². The molecule has 0 aliphatic heterocycles. The third-order valence-corrected chi connectivity index (χ3v) is 3.08. The highest BCUT2D eigenvalue weighted by Crippen LogP contribution is 2.35. The lowest BCUT2D eigenvalue weighted by molar-refractivity contribution is -0.178. The number of hydrogen-bond donors (Lipinski definition) is 0. The molecule has 0 heterocycles. The zero-order chi connectivity index (χ0) is 11.3. The number of methoxy groups -OCH3 is 1. The molecule has 1 aliphatic rings. The summed E-state index contributed by atoms with van der Waals surface area (Å²) < 4.78 is 31.2. The predicted octanol–water partition coefficient (Wildman–Crippen LogP) is 3.16. The van der Waals surface area contributed by atoms with Crippen molar-refractivity contribution in [3.8, 4) is 0 Å². The van der Waals surface area contributed by atoms with Gasteiger partial charge < -0.3 is 4.74 Å². The average molecular weight is 220 g/mol. The first kappa shape index (κ1) is 12.4. The highest BCUT2D eigenvalue weighted by molar-refractivity contribution is 5.77. The Bertz CT molecular complexity index is 209. The summed E-state index contributed by atoms with van der Waals surface area (Å²) in [5.74, 6) is -5.51. The molecule has 1 rings (SSSR count). The van der Waals surface area contributed by atoms with Crippen molar-refractivity contribution in [3.63, 3.8) is 0 Å². The molecule has 1 saturated carbocycles. The highest BCUT2D eigenvalue weighted by Gasteiger charge is 2.47. The Hall–Kier alpha value is -0.670. The molecule has 0 amide bonds. The lowest BCUT2D eigenvalue weighted by Crippen LogP contribution is -2.38. The molecule has 0 aromatic carbocycles. The van der Waals surface area contributed by atoms with Crippen LogP contribution >= 0.6 is 0 Å². The zero-order valence-corrected chi connectivity index (χ0v) is 9.10. The molecule has 15 heavy (non-hydrogen) atoms. The van der Waals surface area contributed by atoms with Gasteiger partial charge in [0.2, 0.25) is 0 Å². The third-order valence-electron chi connectivity index (χ3n) is 3.08. The molecular weight excluding hydrogens is 202 g/mol. The van der Waals surface area contributed by atoms with Crippen molar-refractivity contribution in [3.05, 3.63) is 0 Å². The number of hydrogen-bond acceptors (Lipinski definition) is 2. The minimum absolute atomic E-state index is 0.433. The van der Waals surface area contributed by atoms with Crippen LogP contribution in [0.4, 0.5) is 8.78 Å². The van der Waals surface area contributed by atoms with Gasteiger partial charge in [0, 0.05) is 5.92 Å². The Morgan fingerprint density at radius 3 is 2.07 bits per heavy atom. The first-order valence-electron chi connectivity index (χ1n) is 5.55. The Morgan fingerprint density at radius 1 is 1.13 bits per heavy atom. The van der Waals surface area contributed by atoms with Crippen LogP contribution in [0.1, 0.15) is 44.9 Å². The molecule has 0 radical (unpaired) electrons. The number of rotatable bonds is 2. The maximum Gasteiger partial charge on any atom is 0.377 e. The van der Waals surface area contributed by atoms with E-state index in [1.54, 1.807) is 0 Å². The second-order valence-electron chi connectivity index (χ2n) is 4.16. The number of ether oxygens (including phenoxy) is 1. The van der Waals surface area contributed by atoms with Crippen molar-refractivity contribution < 1.29 is 18.3 Å². The summed E-state index contributed by atoms with van der Waals surface area (Å²) in [5.41, 5.74) is 0. The first-order chi connectivity index (χ1) is 7.09. The van der Waals surface area contributed by atoms with E-state index in [1.807, 2.05) is 0 Å². The molecule has 0 aromatic heterocycles. The molecule has 1 aliphatic carbocycles. The van der Waals surface area contributed by atoms with Gasteiger partial charge in [0.15, 0.2) is 0 Å². The van der Waals surface area contributed by atoms with Crippen LogP contribution in [-0.4, -0.2) is 19.0 Å². The lowest BCUT2D eigenvalue weighted by Gasteiger charge is -2.26. The third kappa shape index (κ3) is 3.14. The second-order valence-corrected chi connectivity index (χ2v) is 4.16. The topological polar surface area (TPSA) is 26.3 Å². The van der Waals surface area contributed by atoms with Crippen LogP contribution in [0.3, 0.4) is 0 Å². The van der Waals surface area contributed by atoms with Crippen molar-refractivity contribution in [2.24, 2.45) is 5.92 Å². The number of esters is 1. The smallest absolute Gasteiger partial charge is 0.377 e. The molecule has 0 bridgehead atoms. The van der Waals surface area contributed by atoms with E-state index in [0.29, 0.717) is 12.8 Å². The normalized spacial score (nSPS) is 20.5. The number of carbonyl (C=O) groups is 1. The standard InChI is InChI=1S/C11H18F2O2/c1-15-10(14)11(12,13)9-7-5-3-2-4-6-8-9/h9H,2-8H2,1H3. The van der Waals surface area contributed by atoms with E-state index in [0.717, 1.165) is 39.2 Å². The quantitative estimate of drug-likeness (QED) is 0.668. The lowest BCUT2D eigenvalue weighted by atomic mass is 9.86. The largest absolute Gasteiger partial charge is 0.465 e. The van der Waals surface area contributed by atoms with E-state index < -0.39 is 17.8 Å². The fraction of sp³-hybridized carbons (Fsp3) is 0.909. The van der Waals surface area contributed by atoms with Gasteiger partial charge in [0.25, 0.3) is 0 Å². The molecule has 1 fully saturated rings. The summed E-state index contributed by atoms with van der Waals surface area (Å²) in [6, 6.07) is 0. The van der Waals surface area contributed by atoms with Gasteiger partial charge in [0.1, 0.15) is 0 Å². The van der Waals surface area contributed by atoms with Crippen LogP contribution in [0.5, 0.6) is 0 Å². The minimum atomic E-state index is -3.30. The number of halogens is 2. The van der Waals surface area contributed by atoms with Crippen LogP contribution < -0.4 is 0 Å². The van der Waals surface area contributed by atoms with Crippen LogP contribution in [0, 0.1) is 5.92 Å². The Labute approximate surface area is 89.0 Å². The molecule has 0 aromatic rings. The fourth-order valence-electron chi connectivity index (χ4n) is 2.12. The van der Waals surface area contributed by atoms with Crippen LogP contribution in [0.15, 0.2) is 0 Å². The predicted molar refractivity (Wildman–Crippen MR) is 52.8 cm³/mol. The van der Waals surface area contributed by atoms with E-state index in [4.69, 9.17) is 0 Å². The van der Waals surface area contributed by atoms with Gasteiger partial charge in [0.05, 0.1) is 7.11 Å². The van der Waals surface area contributed by atoms with Crippen molar-refractivity contribution in [2.75, 3.05) is 7.11 Å². The summed E-state index contributed by atoms with van der Waals surface area (Å²) in [4.78, 5) is 11.0. The fourth-order valence-corrected chi connectivity index (χ4v) is 2.12. The molecule has 88 valence electrons. The monoisotopic (exact) mass is 220 g/mol. The van der Waals surface area contributed by atoms with Crippen LogP contribution in [0.25, 0.3) is 0 Å². The van der Waals surface area contributed by atoms with E-state index in [-0.39, 0.29) is 0 Å². The van der Waals surface area contributed by atoms with Gasteiger partial charge in [-0.05, 0) is 12.8 Å². The summed E-state index contributed by atoms with van der Waals surface area (Å²) in [5, 5.41) is 0. The molecule has 0 saturated heterocycles. The minimum Gasteiger partial charge on any atom is -0.465 e. The first-order valence-corrected chi connectivity index (χ1v) is 5.55. The van der Waals surface area contributed by atoms with Crippen LogP contribution in [0.2, 0.25) is 0 Å². The molecule has 4 heteroatoms. The Morgan fingerprint density at radius 2 is 1.60 bits per heavy atom. The maximum atomic E-state index is 13.5. The molecule has 2 nitrogen and oxygen atoms in total. The van der Waals surface area contributed by atoms with Gasteiger partial charge in [-0.2, -0.15) is 8.78 Å². The molecular formula is C11H18F2O2. The van der Waals surface area contributed by atoms with E-state index in [2.05, 4.69) is 4.74 Å². The summed E-state index contributed by atoms with van der Waals surface area (Å²) in [7, 11) is 1.01. The van der Waals surface area contributed by atoms with Crippen LogP contribution in [-0.2, 0) is 9.53 Å².